The van der Waals surface area contributed by atoms with Gasteiger partial charge in [-0.2, -0.15) is 0 Å². The van der Waals surface area contributed by atoms with Crippen LogP contribution in [-0.2, 0) is 0 Å². The highest BCUT2D eigenvalue weighted by Gasteiger charge is 2.27. The number of piperidine rings is 1. The van der Waals surface area contributed by atoms with Gasteiger partial charge in [0.1, 0.15) is 5.01 Å². The Morgan fingerprint density at radius 1 is 1.39 bits per heavy atom. The van der Waals surface area contributed by atoms with E-state index in [1.807, 2.05) is 6.20 Å². The maximum absolute atomic E-state index is 4.38. The average molecular weight is 267 g/mol. The van der Waals surface area contributed by atoms with E-state index in [1.54, 1.807) is 11.3 Å². The third-order valence-electron chi connectivity index (χ3n) is 3.75. The van der Waals surface area contributed by atoms with Crippen LogP contribution >= 0.6 is 11.3 Å². The van der Waals surface area contributed by atoms with E-state index in [2.05, 4.69) is 48.3 Å². The van der Waals surface area contributed by atoms with E-state index in [1.165, 1.54) is 30.9 Å². The third-order valence-corrected chi connectivity index (χ3v) is 4.71. The molecule has 1 unspecified atom stereocenters. The molecule has 18 heavy (non-hydrogen) atoms. The number of hydrogen-bond acceptors (Lipinski definition) is 4. The fourth-order valence-corrected chi connectivity index (χ4v) is 3.25. The van der Waals surface area contributed by atoms with Crippen LogP contribution in [0.15, 0.2) is 11.6 Å². The summed E-state index contributed by atoms with van der Waals surface area (Å²) in [4.78, 5) is 6.96. The zero-order valence-corrected chi connectivity index (χ0v) is 12.8. The van der Waals surface area contributed by atoms with E-state index in [-0.39, 0.29) is 0 Å². The van der Waals surface area contributed by atoms with Gasteiger partial charge in [0.05, 0.1) is 6.04 Å². The molecular weight excluding hydrogens is 242 g/mol. The topological polar surface area (TPSA) is 28.2 Å². The molecule has 1 aromatic heterocycles. The summed E-state index contributed by atoms with van der Waals surface area (Å²) in [6, 6.07) is 1.03. The van der Waals surface area contributed by atoms with Crippen molar-refractivity contribution in [3.05, 3.63) is 16.6 Å². The first-order valence-electron chi connectivity index (χ1n) is 6.87. The fraction of sp³-hybridized carbons (Fsp3) is 0.786. The number of nitrogens with one attached hydrogen (secondary N) is 1. The molecule has 1 saturated heterocycles. The lowest BCUT2D eigenvalue weighted by atomic mass is 9.97. The van der Waals surface area contributed by atoms with Gasteiger partial charge in [0.2, 0.25) is 0 Å². The van der Waals surface area contributed by atoms with E-state index in [0.717, 1.165) is 0 Å². The molecule has 4 heteroatoms. The summed E-state index contributed by atoms with van der Waals surface area (Å²) < 4.78 is 0. The molecule has 1 aliphatic rings. The summed E-state index contributed by atoms with van der Waals surface area (Å²) in [7, 11) is 0. The van der Waals surface area contributed by atoms with E-state index in [0.29, 0.717) is 17.6 Å². The van der Waals surface area contributed by atoms with Gasteiger partial charge in [0.25, 0.3) is 0 Å². The van der Waals surface area contributed by atoms with Crippen LogP contribution in [0.5, 0.6) is 0 Å². The maximum Gasteiger partial charge on any atom is 0.109 e. The zero-order chi connectivity index (χ0) is 13.2. The minimum absolute atomic E-state index is 0.311. The number of likely N-dealkylation sites (tertiary alicyclic amines) is 1. The van der Waals surface area contributed by atoms with Gasteiger partial charge in [-0.3, -0.25) is 4.90 Å². The van der Waals surface area contributed by atoms with Gasteiger partial charge in [0, 0.05) is 36.2 Å². The highest BCUT2D eigenvalue weighted by atomic mass is 32.1. The van der Waals surface area contributed by atoms with Gasteiger partial charge in [-0.25, -0.2) is 4.98 Å². The summed E-state index contributed by atoms with van der Waals surface area (Å²) in [6.45, 7) is 11.5. The molecule has 1 aliphatic heterocycles. The van der Waals surface area contributed by atoms with E-state index in [4.69, 9.17) is 0 Å². The maximum atomic E-state index is 4.38. The Balaban J connectivity index is 1.80. The minimum atomic E-state index is 0.311. The Bertz CT molecular complexity index is 348. The Morgan fingerprint density at radius 3 is 2.56 bits per heavy atom. The van der Waals surface area contributed by atoms with Crippen molar-refractivity contribution in [1.29, 1.82) is 0 Å². The van der Waals surface area contributed by atoms with Crippen molar-refractivity contribution in [3.63, 3.8) is 0 Å². The van der Waals surface area contributed by atoms with Crippen LogP contribution in [0, 0.1) is 0 Å². The summed E-state index contributed by atoms with van der Waals surface area (Å²) >= 11 is 1.74. The van der Waals surface area contributed by atoms with Crippen LogP contribution in [0.4, 0.5) is 0 Å². The molecule has 1 atom stereocenters. The molecule has 0 amide bonds. The van der Waals surface area contributed by atoms with E-state index >= 15 is 0 Å². The van der Waals surface area contributed by atoms with Gasteiger partial charge < -0.3 is 5.32 Å². The van der Waals surface area contributed by atoms with Gasteiger partial charge >= 0.3 is 0 Å². The molecule has 0 spiro atoms. The molecular formula is C14H25N3S. The molecule has 0 bridgehead atoms. The largest absolute Gasteiger partial charge is 0.305 e. The number of hydrogen-bond donors (Lipinski definition) is 1. The van der Waals surface area contributed by atoms with Crippen molar-refractivity contribution in [2.75, 3.05) is 13.1 Å². The van der Waals surface area contributed by atoms with Crippen LogP contribution in [0.2, 0.25) is 0 Å². The van der Waals surface area contributed by atoms with E-state index in [9.17, 15) is 0 Å². The second kappa shape index (κ2) is 5.68. The van der Waals surface area contributed by atoms with Crippen molar-refractivity contribution in [2.24, 2.45) is 0 Å². The first-order valence-corrected chi connectivity index (χ1v) is 7.75. The molecule has 0 saturated carbocycles. The van der Waals surface area contributed by atoms with Crippen LogP contribution in [-0.4, -0.2) is 34.6 Å². The van der Waals surface area contributed by atoms with Crippen LogP contribution in [0.1, 0.15) is 51.6 Å². The Morgan fingerprint density at radius 2 is 2.06 bits per heavy atom. The summed E-state index contributed by atoms with van der Waals surface area (Å²) in [6.07, 6.45) is 4.38. The van der Waals surface area contributed by atoms with Crippen molar-refractivity contribution < 1.29 is 0 Å². The van der Waals surface area contributed by atoms with Crippen molar-refractivity contribution >= 4 is 11.3 Å². The van der Waals surface area contributed by atoms with Crippen LogP contribution in [0.3, 0.4) is 0 Å². The van der Waals surface area contributed by atoms with Crippen molar-refractivity contribution in [2.45, 2.75) is 58.2 Å². The lowest BCUT2D eigenvalue weighted by Crippen LogP contribution is -2.50. The lowest BCUT2D eigenvalue weighted by molar-refractivity contribution is 0.0942. The number of nitrogens with zero attached hydrogens (tertiary/aromatic N) is 2. The molecule has 0 radical (unpaired) electrons. The molecule has 2 heterocycles. The molecule has 1 N–H and O–H groups in total. The number of thiazole rings is 1. The normalized spacial score (nSPS) is 21.1. The predicted octanol–water partition coefficient (Wildman–Crippen LogP) is 3.06. The van der Waals surface area contributed by atoms with Gasteiger partial charge in [-0.05, 0) is 40.5 Å². The first kappa shape index (κ1) is 14.0. The average Bonchev–Trinajstić information content (AvgIpc) is 2.82. The van der Waals surface area contributed by atoms with Crippen molar-refractivity contribution in [1.82, 2.24) is 15.2 Å². The molecule has 1 aromatic rings. The Hall–Kier alpha value is -0.450. The smallest absolute Gasteiger partial charge is 0.109 e. The summed E-state index contributed by atoms with van der Waals surface area (Å²) in [5, 5.41) is 6.97. The summed E-state index contributed by atoms with van der Waals surface area (Å²) in [5.74, 6) is 0. The minimum Gasteiger partial charge on any atom is -0.305 e. The highest BCUT2D eigenvalue weighted by Crippen LogP contribution is 2.22. The second-order valence-electron chi connectivity index (χ2n) is 6.19. The Kier molecular flexibility index (Phi) is 4.41. The third kappa shape index (κ3) is 3.53. The molecule has 102 valence electrons. The number of aromatic nitrogens is 1. The fourth-order valence-electron chi connectivity index (χ4n) is 2.59. The SMILES string of the molecule is CC(NC1CCN(C(C)(C)C)CC1)c1nccs1. The molecule has 0 aromatic carbocycles. The molecule has 3 nitrogen and oxygen atoms in total. The number of rotatable bonds is 3. The molecule has 1 fully saturated rings. The lowest BCUT2D eigenvalue weighted by Gasteiger charge is -2.41. The van der Waals surface area contributed by atoms with Gasteiger partial charge in [-0.15, -0.1) is 11.3 Å². The van der Waals surface area contributed by atoms with Crippen molar-refractivity contribution in [3.8, 4) is 0 Å². The van der Waals surface area contributed by atoms with Gasteiger partial charge in [0.15, 0.2) is 0 Å². The highest BCUT2D eigenvalue weighted by molar-refractivity contribution is 7.09. The standard InChI is InChI=1S/C14H25N3S/c1-11(13-15-7-10-18-13)16-12-5-8-17(9-6-12)14(2,3)4/h7,10-12,16H,5-6,8-9H2,1-4H3. The zero-order valence-electron chi connectivity index (χ0n) is 11.9. The van der Waals surface area contributed by atoms with E-state index < -0.39 is 0 Å². The predicted molar refractivity (Wildman–Crippen MR) is 78.0 cm³/mol. The van der Waals surface area contributed by atoms with Gasteiger partial charge in [-0.1, -0.05) is 0 Å². The molecule has 0 aliphatic carbocycles. The van der Waals surface area contributed by atoms with Crippen LogP contribution < -0.4 is 5.32 Å². The Labute approximate surface area is 115 Å². The summed E-state index contributed by atoms with van der Waals surface area (Å²) in [5.41, 5.74) is 0.311. The van der Waals surface area contributed by atoms with Crippen LogP contribution in [0.25, 0.3) is 0 Å². The quantitative estimate of drug-likeness (QED) is 0.912. The first-order chi connectivity index (χ1) is 8.47. The monoisotopic (exact) mass is 267 g/mol. The molecule has 2 rings (SSSR count). The second-order valence-corrected chi connectivity index (χ2v) is 7.12.